The molecule has 0 saturated carbocycles. The van der Waals surface area contributed by atoms with Crippen LogP contribution in [-0.2, 0) is 14.3 Å². The summed E-state index contributed by atoms with van der Waals surface area (Å²) in [6.07, 6.45) is 0.908. The van der Waals surface area contributed by atoms with Gasteiger partial charge in [0.2, 0.25) is 5.91 Å². The van der Waals surface area contributed by atoms with Crippen LogP contribution in [0.15, 0.2) is 0 Å². The molecule has 4 nitrogen and oxygen atoms in total. The number of hydrogen-bond acceptors (Lipinski definition) is 3. The van der Waals surface area contributed by atoms with Crippen molar-refractivity contribution in [3.05, 3.63) is 0 Å². The molecule has 0 aromatic heterocycles. The molecule has 106 valence electrons. The third-order valence-corrected chi connectivity index (χ3v) is 2.67. The van der Waals surface area contributed by atoms with Gasteiger partial charge in [-0.05, 0) is 24.7 Å². The summed E-state index contributed by atoms with van der Waals surface area (Å²) in [5, 5.41) is 2.82. The Bertz CT molecular complexity index is 279. The molecule has 4 heteroatoms. The molecular formula is C14H27NO3. The van der Waals surface area contributed by atoms with Crippen molar-refractivity contribution in [3.8, 4) is 0 Å². The van der Waals surface area contributed by atoms with Gasteiger partial charge in [-0.2, -0.15) is 0 Å². The van der Waals surface area contributed by atoms with Gasteiger partial charge in [-0.15, -0.1) is 0 Å². The normalized spacial score (nSPS) is 13.3. The zero-order chi connectivity index (χ0) is 14.3. The Labute approximate surface area is 110 Å². The maximum Gasteiger partial charge on any atom is 0.319 e. The summed E-state index contributed by atoms with van der Waals surface area (Å²) < 4.78 is 4.98. The first-order valence-electron chi connectivity index (χ1n) is 6.64. The number of esters is 1. The maximum absolute atomic E-state index is 12.1. The van der Waals surface area contributed by atoms with Gasteiger partial charge in [0.15, 0.2) is 0 Å². The fourth-order valence-corrected chi connectivity index (χ4v) is 1.67. The van der Waals surface area contributed by atoms with E-state index in [0.29, 0.717) is 19.1 Å². The molecule has 0 fully saturated rings. The van der Waals surface area contributed by atoms with Crippen molar-refractivity contribution >= 4 is 11.9 Å². The van der Waals surface area contributed by atoms with E-state index in [-0.39, 0.29) is 5.91 Å². The van der Waals surface area contributed by atoms with Crippen molar-refractivity contribution in [2.75, 3.05) is 13.2 Å². The molecule has 1 amide bonds. The Hall–Kier alpha value is -1.06. The van der Waals surface area contributed by atoms with Gasteiger partial charge in [-0.3, -0.25) is 9.59 Å². The van der Waals surface area contributed by atoms with E-state index in [2.05, 4.69) is 19.2 Å². The fraction of sp³-hybridized carbons (Fsp3) is 0.857. The van der Waals surface area contributed by atoms with Crippen LogP contribution in [0.2, 0.25) is 0 Å². The van der Waals surface area contributed by atoms with E-state index in [1.807, 2.05) is 20.8 Å². The minimum atomic E-state index is -0.746. The summed E-state index contributed by atoms with van der Waals surface area (Å²) in [4.78, 5) is 23.9. The van der Waals surface area contributed by atoms with Crippen LogP contribution in [0, 0.1) is 17.3 Å². The SMILES string of the molecule is CCOC(=O)C(C(=O)NCCC(C)C)C(C)(C)C. The van der Waals surface area contributed by atoms with E-state index in [0.717, 1.165) is 6.42 Å². The van der Waals surface area contributed by atoms with Crippen LogP contribution in [0.4, 0.5) is 0 Å². The Kier molecular flexibility index (Phi) is 6.96. The van der Waals surface area contributed by atoms with Gasteiger partial charge in [-0.25, -0.2) is 0 Å². The first-order valence-corrected chi connectivity index (χ1v) is 6.64. The second-order valence-electron chi connectivity index (χ2n) is 6.02. The first-order chi connectivity index (χ1) is 8.20. The van der Waals surface area contributed by atoms with E-state index in [4.69, 9.17) is 4.74 Å². The third kappa shape index (κ3) is 6.03. The topological polar surface area (TPSA) is 55.4 Å². The highest BCUT2D eigenvalue weighted by atomic mass is 16.5. The number of carbonyl (C=O) groups is 2. The average molecular weight is 257 g/mol. The van der Waals surface area contributed by atoms with Crippen molar-refractivity contribution in [2.45, 2.75) is 48.0 Å². The zero-order valence-electron chi connectivity index (χ0n) is 12.5. The fourth-order valence-electron chi connectivity index (χ4n) is 1.67. The van der Waals surface area contributed by atoms with Crippen LogP contribution in [0.25, 0.3) is 0 Å². The molecule has 0 aromatic carbocycles. The lowest BCUT2D eigenvalue weighted by Crippen LogP contribution is -2.44. The number of ether oxygens (including phenoxy) is 1. The zero-order valence-corrected chi connectivity index (χ0v) is 12.5. The van der Waals surface area contributed by atoms with Gasteiger partial charge in [0.25, 0.3) is 0 Å². The van der Waals surface area contributed by atoms with Crippen LogP contribution in [-0.4, -0.2) is 25.0 Å². The summed E-state index contributed by atoms with van der Waals surface area (Å²) in [5.41, 5.74) is -0.436. The van der Waals surface area contributed by atoms with E-state index >= 15 is 0 Å². The molecule has 1 atom stereocenters. The molecule has 0 aliphatic heterocycles. The van der Waals surface area contributed by atoms with Gasteiger partial charge in [0, 0.05) is 6.54 Å². The predicted molar refractivity (Wildman–Crippen MR) is 72.0 cm³/mol. The molecule has 0 spiro atoms. The van der Waals surface area contributed by atoms with Gasteiger partial charge in [-0.1, -0.05) is 34.6 Å². The largest absolute Gasteiger partial charge is 0.465 e. The molecule has 18 heavy (non-hydrogen) atoms. The van der Waals surface area contributed by atoms with Crippen molar-refractivity contribution in [1.29, 1.82) is 0 Å². The standard InChI is InChI=1S/C14H27NO3/c1-7-18-13(17)11(14(4,5)6)12(16)15-9-8-10(2)3/h10-11H,7-9H2,1-6H3,(H,15,16). The minimum absolute atomic E-state index is 0.235. The molecule has 0 aliphatic carbocycles. The second kappa shape index (κ2) is 7.39. The molecule has 0 saturated heterocycles. The first kappa shape index (κ1) is 16.9. The molecule has 1 unspecified atom stereocenters. The Morgan fingerprint density at radius 3 is 2.17 bits per heavy atom. The van der Waals surface area contributed by atoms with Gasteiger partial charge in [0.1, 0.15) is 5.92 Å². The maximum atomic E-state index is 12.1. The number of rotatable bonds is 6. The average Bonchev–Trinajstić information content (AvgIpc) is 2.14. The van der Waals surface area contributed by atoms with Crippen molar-refractivity contribution < 1.29 is 14.3 Å². The smallest absolute Gasteiger partial charge is 0.319 e. The molecule has 0 radical (unpaired) electrons. The lowest BCUT2D eigenvalue weighted by atomic mass is 9.80. The van der Waals surface area contributed by atoms with E-state index in [1.54, 1.807) is 6.92 Å². The Morgan fingerprint density at radius 1 is 1.22 bits per heavy atom. The number of nitrogens with one attached hydrogen (secondary N) is 1. The lowest BCUT2D eigenvalue weighted by molar-refractivity contribution is -0.156. The summed E-state index contributed by atoms with van der Waals surface area (Å²) in [7, 11) is 0. The minimum Gasteiger partial charge on any atom is -0.465 e. The van der Waals surface area contributed by atoms with Crippen LogP contribution >= 0.6 is 0 Å². The highest BCUT2D eigenvalue weighted by molar-refractivity contribution is 5.98. The summed E-state index contributed by atoms with van der Waals surface area (Å²) >= 11 is 0. The molecule has 0 aromatic rings. The molecule has 1 N–H and O–H groups in total. The molecule has 0 bridgehead atoms. The molecular weight excluding hydrogens is 230 g/mol. The van der Waals surface area contributed by atoms with Gasteiger partial charge < -0.3 is 10.1 Å². The third-order valence-electron chi connectivity index (χ3n) is 2.67. The molecule has 0 rings (SSSR count). The van der Waals surface area contributed by atoms with Crippen LogP contribution in [0.3, 0.4) is 0 Å². The summed E-state index contributed by atoms with van der Waals surface area (Å²) in [5.74, 6) is -0.890. The van der Waals surface area contributed by atoms with Crippen LogP contribution in [0.1, 0.15) is 48.0 Å². The quantitative estimate of drug-likeness (QED) is 0.587. The molecule has 0 heterocycles. The summed E-state index contributed by atoms with van der Waals surface area (Å²) in [6.45, 7) is 12.4. The van der Waals surface area contributed by atoms with Crippen LogP contribution < -0.4 is 5.32 Å². The lowest BCUT2D eigenvalue weighted by Gasteiger charge is -2.27. The van der Waals surface area contributed by atoms with Gasteiger partial charge in [0.05, 0.1) is 6.61 Å². The van der Waals surface area contributed by atoms with Crippen LogP contribution in [0.5, 0.6) is 0 Å². The molecule has 0 aliphatic rings. The Morgan fingerprint density at radius 2 is 1.78 bits per heavy atom. The van der Waals surface area contributed by atoms with E-state index < -0.39 is 17.3 Å². The van der Waals surface area contributed by atoms with E-state index in [9.17, 15) is 9.59 Å². The van der Waals surface area contributed by atoms with Crippen molar-refractivity contribution in [2.24, 2.45) is 17.3 Å². The predicted octanol–water partition coefficient (Wildman–Crippen LogP) is 2.37. The van der Waals surface area contributed by atoms with E-state index in [1.165, 1.54) is 0 Å². The van der Waals surface area contributed by atoms with Crippen molar-refractivity contribution in [3.63, 3.8) is 0 Å². The second-order valence-corrected chi connectivity index (χ2v) is 6.02. The highest BCUT2D eigenvalue weighted by Gasteiger charge is 2.38. The monoisotopic (exact) mass is 257 g/mol. The number of hydrogen-bond donors (Lipinski definition) is 1. The summed E-state index contributed by atoms with van der Waals surface area (Å²) in [6, 6.07) is 0. The Balaban J connectivity index is 4.57. The van der Waals surface area contributed by atoms with Crippen molar-refractivity contribution in [1.82, 2.24) is 5.32 Å². The number of amides is 1. The highest BCUT2D eigenvalue weighted by Crippen LogP contribution is 2.27. The number of carbonyl (C=O) groups excluding carboxylic acids is 2. The van der Waals surface area contributed by atoms with Gasteiger partial charge >= 0.3 is 5.97 Å².